The number of carbonyl (C=O) groups excluding carboxylic acids is 1. The van der Waals surface area contributed by atoms with Crippen molar-refractivity contribution in [3.63, 3.8) is 0 Å². The predicted molar refractivity (Wildman–Crippen MR) is 79.5 cm³/mol. The average Bonchev–Trinajstić information content (AvgIpc) is 2.37. The lowest BCUT2D eigenvalue weighted by Crippen LogP contribution is -2.70. The molecule has 0 aromatic carbocycles. The number of fused-ring (bicyclic) bond motifs is 2. The Morgan fingerprint density at radius 3 is 2.48 bits per heavy atom. The van der Waals surface area contributed by atoms with Crippen LogP contribution in [0.2, 0.25) is 5.15 Å². The highest BCUT2D eigenvalue weighted by Gasteiger charge is 2.49. The quantitative estimate of drug-likeness (QED) is 0.797. The Labute approximate surface area is 129 Å². The Hall–Kier alpha value is -1.56. The summed E-state index contributed by atoms with van der Waals surface area (Å²) < 4.78 is 5.46. The van der Waals surface area contributed by atoms with Gasteiger partial charge in [0.25, 0.3) is 0 Å². The third-order valence-electron chi connectivity index (χ3n) is 3.73. The lowest BCUT2D eigenvalue weighted by Gasteiger charge is -2.55. The molecule has 2 atom stereocenters. The Balaban J connectivity index is 1.64. The van der Waals surface area contributed by atoms with E-state index in [2.05, 4.69) is 14.9 Å². The van der Waals surface area contributed by atoms with E-state index in [1.807, 2.05) is 25.7 Å². The van der Waals surface area contributed by atoms with Crippen LogP contribution in [-0.2, 0) is 4.74 Å². The van der Waals surface area contributed by atoms with Crippen LogP contribution < -0.4 is 4.90 Å². The van der Waals surface area contributed by atoms with E-state index in [0.29, 0.717) is 5.15 Å². The van der Waals surface area contributed by atoms with Gasteiger partial charge in [-0.25, -0.2) is 14.8 Å². The van der Waals surface area contributed by atoms with Crippen LogP contribution in [0.1, 0.15) is 27.2 Å². The molecule has 1 aromatic rings. The number of carbonyl (C=O) groups is 1. The van der Waals surface area contributed by atoms with Gasteiger partial charge in [0, 0.05) is 13.1 Å². The smallest absolute Gasteiger partial charge is 0.410 e. The summed E-state index contributed by atoms with van der Waals surface area (Å²) >= 11 is 5.75. The Morgan fingerprint density at radius 2 is 1.95 bits per heavy atom. The molecule has 21 heavy (non-hydrogen) atoms. The molecule has 3 aliphatic rings. The molecule has 6 nitrogen and oxygen atoms in total. The third-order valence-corrected chi connectivity index (χ3v) is 3.92. The highest BCUT2D eigenvalue weighted by Crippen LogP contribution is 2.35. The number of rotatable bonds is 1. The molecule has 0 spiro atoms. The van der Waals surface area contributed by atoms with E-state index in [9.17, 15) is 4.79 Å². The van der Waals surface area contributed by atoms with Crippen molar-refractivity contribution in [3.05, 3.63) is 17.5 Å². The zero-order valence-corrected chi connectivity index (χ0v) is 13.2. The van der Waals surface area contributed by atoms with E-state index in [-0.39, 0.29) is 18.2 Å². The van der Waals surface area contributed by atoms with Crippen LogP contribution >= 0.6 is 11.6 Å². The molecule has 114 valence electrons. The van der Waals surface area contributed by atoms with Gasteiger partial charge in [0.1, 0.15) is 16.6 Å². The number of hydrogen-bond donors (Lipinski definition) is 0. The summed E-state index contributed by atoms with van der Waals surface area (Å²) in [5.74, 6) is 0.804. The number of piperidine rings is 1. The van der Waals surface area contributed by atoms with Gasteiger partial charge in [-0.1, -0.05) is 11.6 Å². The van der Waals surface area contributed by atoms with E-state index < -0.39 is 5.60 Å². The molecule has 0 saturated carbocycles. The maximum atomic E-state index is 12.2. The molecule has 1 aromatic heterocycles. The summed E-state index contributed by atoms with van der Waals surface area (Å²) in [5.41, 5.74) is -0.456. The molecule has 1 amide bonds. The molecule has 4 rings (SSSR count). The van der Waals surface area contributed by atoms with Gasteiger partial charge in [-0.2, -0.15) is 0 Å². The standard InChI is InChI=1S/C14H19ClN4O2/c1-14(2,3)21-13(20)19-9-4-10(19)8-18(7-9)12-6-16-11(15)5-17-12/h5-6,9-10H,4,7-8H2,1-3H3. The first-order valence-electron chi connectivity index (χ1n) is 7.07. The number of piperazine rings is 1. The van der Waals surface area contributed by atoms with E-state index in [1.165, 1.54) is 0 Å². The van der Waals surface area contributed by atoms with E-state index >= 15 is 0 Å². The van der Waals surface area contributed by atoms with Gasteiger partial charge < -0.3 is 9.64 Å². The molecule has 2 bridgehead atoms. The largest absolute Gasteiger partial charge is 0.444 e. The molecule has 0 aliphatic carbocycles. The number of amides is 1. The van der Waals surface area contributed by atoms with Gasteiger partial charge in [-0.05, 0) is 27.2 Å². The van der Waals surface area contributed by atoms with E-state index in [4.69, 9.17) is 16.3 Å². The predicted octanol–water partition coefficient (Wildman–Crippen LogP) is 2.33. The number of nitrogens with zero attached hydrogens (tertiary/aromatic N) is 4. The minimum Gasteiger partial charge on any atom is -0.444 e. The second-order valence-electron chi connectivity index (χ2n) is 6.53. The minimum absolute atomic E-state index is 0.191. The number of aromatic nitrogens is 2. The number of halogens is 1. The fourth-order valence-corrected chi connectivity index (χ4v) is 2.98. The number of hydrogen-bond acceptors (Lipinski definition) is 5. The van der Waals surface area contributed by atoms with Gasteiger partial charge >= 0.3 is 6.09 Å². The first-order chi connectivity index (χ1) is 9.83. The first-order valence-corrected chi connectivity index (χ1v) is 7.45. The first kappa shape index (κ1) is 14.4. The van der Waals surface area contributed by atoms with Crippen molar-refractivity contribution in [1.29, 1.82) is 0 Å². The van der Waals surface area contributed by atoms with Crippen molar-refractivity contribution >= 4 is 23.5 Å². The maximum absolute atomic E-state index is 12.2. The normalized spacial score (nSPS) is 24.6. The SMILES string of the molecule is CC(C)(C)OC(=O)N1C2CC1CN(c1cnc(Cl)cn1)C2. The lowest BCUT2D eigenvalue weighted by molar-refractivity contribution is -0.0380. The third kappa shape index (κ3) is 2.90. The Kier molecular flexibility index (Phi) is 3.43. The molecule has 7 heteroatoms. The Morgan fingerprint density at radius 1 is 1.29 bits per heavy atom. The highest BCUT2D eigenvalue weighted by molar-refractivity contribution is 6.29. The fourth-order valence-electron chi connectivity index (χ4n) is 2.88. The van der Waals surface area contributed by atoms with Crippen LogP contribution in [0.3, 0.4) is 0 Å². The van der Waals surface area contributed by atoms with E-state index in [1.54, 1.807) is 12.4 Å². The van der Waals surface area contributed by atoms with Crippen LogP contribution in [0.4, 0.5) is 10.6 Å². The van der Waals surface area contributed by atoms with Gasteiger partial charge in [-0.3, -0.25) is 4.90 Å². The molecule has 2 unspecified atom stereocenters. The van der Waals surface area contributed by atoms with Crippen LogP contribution in [0, 0.1) is 0 Å². The van der Waals surface area contributed by atoms with E-state index in [0.717, 1.165) is 25.3 Å². The molecule has 3 saturated heterocycles. The number of anilines is 1. The van der Waals surface area contributed by atoms with Crippen molar-refractivity contribution in [3.8, 4) is 0 Å². The summed E-state index contributed by atoms with van der Waals surface area (Å²) in [6.07, 6.45) is 4.02. The second kappa shape index (κ2) is 5.02. The van der Waals surface area contributed by atoms with Crippen molar-refractivity contribution < 1.29 is 9.53 Å². The van der Waals surface area contributed by atoms with Crippen LogP contribution in [0.15, 0.2) is 12.4 Å². The average molecular weight is 311 g/mol. The summed E-state index contributed by atoms with van der Waals surface area (Å²) in [6, 6.07) is 0.382. The fraction of sp³-hybridized carbons (Fsp3) is 0.643. The summed E-state index contributed by atoms with van der Waals surface area (Å²) in [5, 5.41) is 0.385. The Bertz CT molecular complexity index is 531. The topological polar surface area (TPSA) is 58.6 Å². The van der Waals surface area contributed by atoms with Crippen LogP contribution in [0.5, 0.6) is 0 Å². The molecular formula is C14H19ClN4O2. The molecular weight excluding hydrogens is 292 g/mol. The molecule has 3 aliphatic heterocycles. The molecule has 3 fully saturated rings. The monoisotopic (exact) mass is 310 g/mol. The van der Waals surface area contributed by atoms with Gasteiger partial charge in [0.05, 0.1) is 24.5 Å². The van der Waals surface area contributed by atoms with Crippen molar-refractivity contribution in [2.24, 2.45) is 0 Å². The van der Waals surface area contributed by atoms with Gasteiger partial charge in [0.15, 0.2) is 0 Å². The maximum Gasteiger partial charge on any atom is 0.410 e. The van der Waals surface area contributed by atoms with Crippen molar-refractivity contribution in [2.75, 3.05) is 18.0 Å². The minimum atomic E-state index is -0.456. The van der Waals surface area contributed by atoms with Crippen molar-refractivity contribution in [2.45, 2.75) is 44.9 Å². The second-order valence-corrected chi connectivity index (χ2v) is 6.92. The van der Waals surface area contributed by atoms with Crippen LogP contribution in [0.25, 0.3) is 0 Å². The van der Waals surface area contributed by atoms with Crippen LogP contribution in [-0.4, -0.2) is 51.7 Å². The molecule has 0 N–H and O–H groups in total. The zero-order chi connectivity index (χ0) is 15.2. The van der Waals surface area contributed by atoms with Crippen molar-refractivity contribution in [1.82, 2.24) is 14.9 Å². The highest BCUT2D eigenvalue weighted by atomic mass is 35.5. The lowest BCUT2D eigenvalue weighted by atomic mass is 9.88. The summed E-state index contributed by atoms with van der Waals surface area (Å²) in [6.45, 7) is 7.17. The zero-order valence-electron chi connectivity index (χ0n) is 12.4. The van der Waals surface area contributed by atoms with Gasteiger partial charge in [-0.15, -0.1) is 0 Å². The summed E-state index contributed by atoms with van der Waals surface area (Å²) in [4.78, 5) is 24.5. The molecule has 4 heterocycles. The van der Waals surface area contributed by atoms with Gasteiger partial charge in [0.2, 0.25) is 0 Å². The number of ether oxygens (including phenoxy) is 1. The summed E-state index contributed by atoms with van der Waals surface area (Å²) in [7, 11) is 0. The molecule has 0 radical (unpaired) electrons.